The van der Waals surface area contributed by atoms with Crippen LogP contribution < -0.4 is 0 Å². The van der Waals surface area contributed by atoms with E-state index in [9.17, 15) is 23.5 Å². The monoisotopic (exact) mass is 380 g/mol. The molecule has 0 unspecified atom stereocenters. The molecule has 0 aliphatic rings. The summed E-state index contributed by atoms with van der Waals surface area (Å²) in [4.78, 5) is 23.9. The summed E-state index contributed by atoms with van der Waals surface area (Å²) >= 11 is 0. The van der Waals surface area contributed by atoms with E-state index < -0.39 is 43.3 Å². The molecule has 2 N–H and O–H groups in total. The van der Waals surface area contributed by atoms with Crippen LogP contribution >= 0.6 is 0 Å². The Hall–Kier alpha value is -2.84. The van der Waals surface area contributed by atoms with Gasteiger partial charge in [-0.15, -0.1) is 0 Å². The maximum absolute atomic E-state index is 14.0. The Morgan fingerprint density at radius 3 is 1.89 bits per heavy atom. The average molecular weight is 380 g/mol. The summed E-state index contributed by atoms with van der Waals surface area (Å²) in [6.45, 7) is -2.51. The highest BCUT2D eigenvalue weighted by molar-refractivity contribution is 5.90. The summed E-state index contributed by atoms with van der Waals surface area (Å²) in [5.74, 6) is -5.89. The van der Waals surface area contributed by atoms with Crippen LogP contribution in [0, 0.1) is 0 Å². The van der Waals surface area contributed by atoms with E-state index in [1.54, 1.807) is 24.3 Å². The molecule has 0 saturated carbocycles. The number of aliphatic hydroxyl groups is 2. The molecule has 0 amide bonds. The predicted molar refractivity (Wildman–Crippen MR) is 90.4 cm³/mol. The molecule has 0 radical (unpaired) electrons. The van der Waals surface area contributed by atoms with Crippen molar-refractivity contribution in [3.8, 4) is 0 Å². The van der Waals surface area contributed by atoms with Crippen molar-refractivity contribution in [1.29, 1.82) is 0 Å². The number of ether oxygens (including phenoxy) is 2. The summed E-state index contributed by atoms with van der Waals surface area (Å²) in [5.41, 5.74) is 0.154. The zero-order chi connectivity index (χ0) is 19.9. The average Bonchev–Trinajstić information content (AvgIpc) is 2.70. The summed E-state index contributed by atoms with van der Waals surface area (Å²) < 4.78 is 37.4. The lowest BCUT2D eigenvalue weighted by Gasteiger charge is -2.28. The lowest BCUT2D eigenvalue weighted by atomic mass is 10.1. The van der Waals surface area contributed by atoms with E-state index >= 15 is 0 Å². The van der Waals surface area contributed by atoms with Gasteiger partial charge in [0.15, 0.2) is 6.10 Å². The quantitative estimate of drug-likeness (QED) is 0.681. The first-order valence-corrected chi connectivity index (χ1v) is 8.00. The minimum Gasteiger partial charge on any atom is -0.459 e. The van der Waals surface area contributed by atoms with Gasteiger partial charge in [-0.3, -0.25) is 0 Å². The fourth-order valence-corrected chi connectivity index (χ4v) is 2.20. The molecule has 0 heterocycles. The van der Waals surface area contributed by atoms with Crippen LogP contribution in [0.3, 0.4) is 0 Å². The SMILES string of the molecule is O=C(OC[C@@H](O)[C@@H](OC(=O)c1ccccc1)C(F)(F)CO)c1ccccc1. The number of halogens is 2. The number of esters is 2. The number of carbonyl (C=O) groups excluding carboxylic acids is 2. The van der Waals surface area contributed by atoms with Crippen molar-refractivity contribution in [2.24, 2.45) is 0 Å². The first-order valence-electron chi connectivity index (χ1n) is 8.00. The van der Waals surface area contributed by atoms with E-state index in [-0.39, 0.29) is 11.1 Å². The molecule has 0 spiro atoms. The molecule has 0 aliphatic carbocycles. The minimum atomic E-state index is -3.94. The molecule has 8 heteroatoms. The molecule has 2 aromatic carbocycles. The first-order chi connectivity index (χ1) is 12.8. The highest BCUT2D eigenvalue weighted by Crippen LogP contribution is 2.25. The van der Waals surface area contributed by atoms with Crippen molar-refractivity contribution in [1.82, 2.24) is 0 Å². The molecule has 6 nitrogen and oxygen atoms in total. The maximum atomic E-state index is 14.0. The zero-order valence-electron chi connectivity index (χ0n) is 14.1. The Morgan fingerprint density at radius 2 is 1.41 bits per heavy atom. The highest BCUT2D eigenvalue weighted by atomic mass is 19.3. The van der Waals surface area contributed by atoms with Crippen LogP contribution in [-0.2, 0) is 9.47 Å². The van der Waals surface area contributed by atoms with E-state index in [1.807, 2.05) is 0 Å². The molecule has 2 rings (SSSR count). The molecule has 2 atom stereocenters. The van der Waals surface area contributed by atoms with Crippen LogP contribution in [0.2, 0.25) is 0 Å². The maximum Gasteiger partial charge on any atom is 0.338 e. The molecule has 0 aliphatic heterocycles. The molecule has 0 saturated heterocycles. The van der Waals surface area contributed by atoms with Gasteiger partial charge >= 0.3 is 17.9 Å². The third-order valence-electron chi connectivity index (χ3n) is 3.61. The fourth-order valence-electron chi connectivity index (χ4n) is 2.20. The topological polar surface area (TPSA) is 93.1 Å². The van der Waals surface area contributed by atoms with Crippen LogP contribution in [0.5, 0.6) is 0 Å². The smallest absolute Gasteiger partial charge is 0.338 e. The van der Waals surface area contributed by atoms with Crippen LogP contribution in [0.15, 0.2) is 60.7 Å². The largest absolute Gasteiger partial charge is 0.459 e. The molecular formula is C19H18F2O6. The predicted octanol–water partition coefficient (Wildman–Crippen LogP) is 2.06. The second-order valence-corrected chi connectivity index (χ2v) is 5.64. The number of alkyl halides is 2. The van der Waals surface area contributed by atoms with Crippen molar-refractivity contribution in [3.05, 3.63) is 71.8 Å². The standard InChI is InChI=1S/C19H18F2O6/c20-19(21,12-22)16(27-18(25)14-9-5-2-6-10-14)15(23)11-26-17(24)13-7-3-1-4-8-13/h1-10,15-16,22-23H,11-12H2/t15-,16-/m1/s1. The molecule has 0 bridgehead atoms. The Balaban J connectivity index is 2.06. The third kappa shape index (κ3) is 5.57. The molecule has 27 heavy (non-hydrogen) atoms. The second kappa shape index (κ2) is 9.20. The van der Waals surface area contributed by atoms with Crippen molar-refractivity contribution >= 4 is 11.9 Å². The van der Waals surface area contributed by atoms with Gasteiger partial charge in [0.25, 0.3) is 0 Å². The van der Waals surface area contributed by atoms with Crippen LogP contribution in [0.1, 0.15) is 20.7 Å². The zero-order valence-corrected chi connectivity index (χ0v) is 14.1. The number of carbonyl (C=O) groups is 2. The van der Waals surface area contributed by atoms with Gasteiger partial charge in [0.1, 0.15) is 19.3 Å². The van der Waals surface area contributed by atoms with Gasteiger partial charge < -0.3 is 19.7 Å². The van der Waals surface area contributed by atoms with E-state index in [1.165, 1.54) is 36.4 Å². The fraction of sp³-hybridized carbons (Fsp3) is 0.263. The first kappa shape index (κ1) is 20.5. The third-order valence-corrected chi connectivity index (χ3v) is 3.61. The van der Waals surface area contributed by atoms with Crippen molar-refractivity contribution in [2.75, 3.05) is 13.2 Å². The molecule has 0 fully saturated rings. The van der Waals surface area contributed by atoms with Crippen LogP contribution in [0.25, 0.3) is 0 Å². The highest BCUT2D eigenvalue weighted by Gasteiger charge is 2.47. The van der Waals surface area contributed by atoms with E-state index in [2.05, 4.69) is 0 Å². The van der Waals surface area contributed by atoms with Crippen LogP contribution in [-0.4, -0.2) is 53.5 Å². The van der Waals surface area contributed by atoms with Gasteiger partial charge in [0.2, 0.25) is 0 Å². The Morgan fingerprint density at radius 1 is 0.926 bits per heavy atom. The number of benzene rings is 2. The van der Waals surface area contributed by atoms with Gasteiger partial charge in [-0.25, -0.2) is 9.59 Å². The number of hydrogen-bond donors (Lipinski definition) is 2. The summed E-state index contributed by atoms with van der Waals surface area (Å²) in [7, 11) is 0. The number of rotatable bonds is 8. The van der Waals surface area contributed by atoms with Crippen molar-refractivity contribution in [2.45, 2.75) is 18.1 Å². The summed E-state index contributed by atoms with van der Waals surface area (Å²) in [5, 5.41) is 18.9. The van der Waals surface area contributed by atoms with Gasteiger partial charge in [-0.1, -0.05) is 36.4 Å². The lowest BCUT2D eigenvalue weighted by molar-refractivity contribution is -0.179. The molecule has 0 aromatic heterocycles. The minimum absolute atomic E-state index is 0.00952. The summed E-state index contributed by atoms with van der Waals surface area (Å²) in [6.07, 6.45) is -4.45. The molecular weight excluding hydrogens is 362 g/mol. The second-order valence-electron chi connectivity index (χ2n) is 5.64. The Kier molecular flexibility index (Phi) is 6.98. The van der Waals surface area contributed by atoms with Gasteiger partial charge in [-0.2, -0.15) is 8.78 Å². The Labute approximate surface area is 154 Å². The lowest BCUT2D eigenvalue weighted by Crippen LogP contribution is -2.50. The summed E-state index contributed by atoms with van der Waals surface area (Å²) in [6, 6.07) is 15.1. The number of aliphatic hydroxyl groups excluding tert-OH is 2. The number of hydrogen-bond acceptors (Lipinski definition) is 6. The normalized spacial score (nSPS) is 13.5. The van der Waals surface area contributed by atoms with Gasteiger partial charge in [0, 0.05) is 0 Å². The Bertz CT molecular complexity index is 751. The molecule has 144 valence electrons. The van der Waals surface area contributed by atoms with E-state index in [4.69, 9.17) is 14.6 Å². The van der Waals surface area contributed by atoms with Gasteiger partial charge in [-0.05, 0) is 24.3 Å². The van der Waals surface area contributed by atoms with E-state index in [0.29, 0.717) is 0 Å². The van der Waals surface area contributed by atoms with Crippen LogP contribution in [0.4, 0.5) is 8.78 Å². The molecule has 2 aromatic rings. The van der Waals surface area contributed by atoms with Crippen molar-refractivity contribution in [3.63, 3.8) is 0 Å². The van der Waals surface area contributed by atoms with Gasteiger partial charge in [0.05, 0.1) is 11.1 Å². The van der Waals surface area contributed by atoms with Crippen molar-refractivity contribution < 1.29 is 38.1 Å². The van der Waals surface area contributed by atoms with E-state index in [0.717, 1.165) is 0 Å².